The molecule has 0 fully saturated rings. The second-order valence-electron chi connectivity index (χ2n) is 2.53. The average Bonchev–Trinajstić information content (AvgIpc) is 2.26. The molecule has 0 heterocycles. The second-order valence-corrected chi connectivity index (χ2v) is 3.23. The first-order chi connectivity index (χ1) is 6.81. The predicted molar refractivity (Wildman–Crippen MR) is 57.6 cm³/mol. The van der Waals surface area contributed by atoms with Crippen molar-refractivity contribution in [2.75, 3.05) is 19.0 Å². The lowest BCUT2D eigenvalue weighted by molar-refractivity contribution is 0.417. The van der Waals surface area contributed by atoms with Crippen LogP contribution in [0.5, 0.6) is 5.75 Å². The Morgan fingerprint density at radius 1 is 1.64 bits per heavy atom. The summed E-state index contributed by atoms with van der Waals surface area (Å²) >= 11 is 0. The molecule has 1 N–H and O–H groups in total. The van der Waals surface area contributed by atoms with Crippen molar-refractivity contribution in [3.8, 4) is 18.1 Å². The van der Waals surface area contributed by atoms with Gasteiger partial charge in [-0.3, -0.25) is 4.57 Å². The fourth-order valence-corrected chi connectivity index (χ4v) is 1.33. The van der Waals surface area contributed by atoms with Crippen molar-refractivity contribution in [3.63, 3.8) is 0 Å². The number of rotatable bonds is 4. The first-order valence-electron chi connectivity index (χ1n) is 4.00. The van der Waals surface area contributed by atoms with Gasteiger partial charge < -0.3 is 10.1 Å². The molecule has 72 valence electrons. The Morgan fingerprint density at radius 3 is 3.00 bits per heavy atom. The Labute approximate surface area is 84.7 Å². The largest absolute Gasteiger partial charge is 0.495 e. The summed E-state index contributed by atoms with van der Waals surface area (Å²) < 4.78 is 15.7. The van der Waals surface area contributed by atoms with E-state index in [2.05, 4.69) is 11.2 Å². The molecule has 0 aliphatic rings. The van der Waals surface area contributed by atoms with E-state index in [-0.39, 0.29) is 8.46 Å². The third-order valence-electron chi connectivity index (χ3n) is 1.67. The van der Waals surface area contributed by atoms with E-state index in [1.807, 2.05) is 0 Å². The number of ether oxygens (including phenoxy) is 1. The zero-order chi connectivity index (χ0) is 10.4. The molecule has 0 radical (unpaired) electrons. The highest BCUT2D eigenvalue weighted by atomic mass is 31.1. The summed E-state index contributed by atoms with van der Waals surface area (Å²) in [7, 11) is 1.54. The van der Waals surface area contributed by atoms with E-state index in [1.54, 1.807) is 25.3 Å². The van der Waals surface area contributed by atoms with Crippen LogP contribution in [0.1, 0.15) is 0 Å². The molecule has 0 saturated heterocycles. The van der Waals surface area contributed by atoms with Crippen LogP contribution in [0.15, 0.2) is 18.2 Å². The Bertz CT molecular complexity index is 371. The molecule has 0 saturated carbocycles. The number of hydrogen-bond acceptors (Lipinski definition) is 3. The molecule has 0 bridgehead atoms. The molecule has 4 heteroatoms. The van der Waals surface area contributed by atoms with Crippen molar-refractivity contribution >= 4 is 19.5 Å². The van der Waals surface area contributed by atoms with Crippen LogP contribution >= 0.6 is 8.46 Å². The van der Waals surface area contributed by atoms with Crippen LogP contribution in [-0.4, -0.2) is 13.7 Å². The molecule has 0 aromatic heterocycles. The van der Waals surface area contributed by atoms with Gasteiger partial charge in [0.2, 0.25) is 0 Å². The maximum atomic E-state index is 10.6. The molecule has 1 rings (SSSR count). The highest BCUT2D eigenvalue weighted by Crippen LogP contribution is 2.23. The molecule has 3 nitrogen and oxygen atoms in total. The predicted octanol–water partition coefficient (Wildman–Crippen LogP) is 1.66. The molecule has 0 spiro atoms. The lowest BCUT2D eigenvalue weighted by Gasteiger charge is -2.08. The molecular weight excluding hydrogens is 197 g/mol. The molecule has 0 unspecified atom stereocenters. The molecule has 0 atom stereocenters. The number of benzene rings is 1. The standard InChI is InChI=1S/C10H10NO2P/c1-3-6-11-9-5-4-8(14-12)7-10(9)13-2/h1,4-5,7,11H,6H2,2H3. The zero-order valence-corrected chi connectivity index (χ0v) is 8.67. The first-order valence-corrected chi connectivity index (χ1v) is 4.81. The normalized spacial score (nSPS) is 9.43. The molecule has 0 aliphatic heterocycles. The number of anilines is 1. The van der Waals surface area contributed by atoms with Gasteiger partial charge in [-0.25, -0.2) is 0 Å². The van der Waals surface area contributed by atoms with Crippen molar-refractivity contribution in [2.24, 2.45) is 0 Å². The minimum absolute atomic E-state index is 0.0186. The van der Waals surface area contributed by atoms with E-state index in [0.717, 1.165) is 5.69 Å². The number of methoxy groups -OCH3 is 1. The quantitative estimate of drug-likeness (QED) is 0.602. The third-order valence-corrected chi connectivity index (χ3v) is 2.16. The van der Waals surface area contributed by atoms with Gasteiger partial charge in [0, 0.05) is 5.30 Å². The van der Waals surface area contributed by atoms with Gasteiger partial charge in [0.25, 0.3) is 0 Å². The molecular formula is C10H10NO2P. The fourth-order valence-electron chi connectivity index (χ4n) is 1.03. The van der Waals surface area contributed by atoms with E-state index in [1.165, 1.54) is 0 Å². The van der Waals surface area contributed by atoms with E-state index in [0.29, 0.717) is 17.6 Å². The molecule has 1 aromatic carbocycles. The van der Waals surface area contributed by atoms with Crippen molar-refractivity contribution in [1.29, 1.82) is 0 Å². The highest BCUT2D eigenvalue weighted by Gasteiger charge is 2.02. The van der Waals surface area contributed by atoms with Gasteiger partial charge >= 0.3 is 0 Å². The third kappa shape index (κ3) is 2.48. The summed E-state index contributed by atoms with van der Waals surface area (Å²) in [6, 6.07) is 5.24. The minimum atomic E-state index is -0.0186. The van der Waals surface area contributed by atoms with Gasteiger partial charge in [0.15, 0.2) is 8.46 Å². The topological polar surface area (TPSA) is 38.3 Å². The summed E-state index contributed by atoms with van der Waals surface area (Å²) in [5.74, 6) is 3.11. The van der Waals surface area contributed by atoms with Crippen LogP contribution < -0.4 is 15.4 Å². The fraction of sp³-hybridized carbons (Fsp3) is 0.200. The van der Waals surface area contributed by atoms with Gasteiger partial charge in [0.1, 0.15) is 5.75 Å². The Kier molecular flexibility index (Phi) is 3.97. The molecule has 0 amide bonds. The van der Waals surface area contributed by atoms with E-state index < -0.39 is 0 Å². The van der Waals surface area contributed by atoms with Crippen LogP contribution in [-0.2, 0) is 4.57 Å². The van der Waals surface area contributed by atoms with Gasteiger partial charge in [-0.05, 0) is 18.2 Å². The van der Waals surface area contributed by atoms with Crippen molar-refractivity contribution in [3.05, 3.63) is 18.2 Å². The summed E-state index contributed by atoms with van der Waals surface area (Å²) in [5, 5.41) is 3.67. The second kappa shape index (κ2) is 5.26. The monoisotopic (exact) mass is 207 g/mol. The van der Waals surface area contributed by atoms with Crippen molar-refractivity contribution < 1.29 is 9.30 Å². The minimum Gasteiger partial charge on any atom is -0.495 e. The summed E-state index contributed by atoms with van der Waals surface area (Å²) in [6.45, 7) is 0.435. The summed E-state index contributed by atoms with van der Waals surface area (Å²) in [6.07, 6.45) is 5.12. The molecule has 14 heavy (non-hydrogen) atoms. The maximum absolute atomic E-state index is 10.6. The van der Waals surface area contributed by atoms with Crippen molar-refractivity contribution in [1.82, 2.24) is 0 Å². The van der Waals surface area contributed by atoms with Crippen LogP contribution in [0.4, 0.5) is 5.69 Å². The Hall–Kier alpha value is -1.52. The smallest absolute Gasteiger partial charge is 0.192 e. The van der Waals surface area contributed by atoms with Crippen LogP contribution in [0, 0.1) is 12.3 Å². The number of hydrogen-bond donors (Lipinski definition) is 1. The Morgan fingerprint density at radius 2 is 2.43 bits per heavy atom. The summed E-state index contributed by atoms with van der Waals surface area (Å²) in [5.41, 5.74) is 0.804. The van der Waals surface area contributed by atoms with Crippen LogP contribution in [0.25, 0.3) is 0 Å². The number of nitrogens with one attached hydrogen (secondary N) is 1. The average molecular weight is 207 g/mol. The van der Waals surface area contributed by atoms with Gasteiger partial charge in [-0.1, -0.05) is 5.92 Å². The van der Waals surface area contributed by atoms with Crippen LogP contribution in [0.3, 0.4) is 0 Å². The van der Waals surface area contributed by atoms with E-state index in [4.69, 9.17) is 11.2 Å². The van der Waals surface area contributed by atoms with E-state index >= 15 is 0 Å². The molecule has 0 aliphatic carbocycles. The maximum Gasteiger partial charge on any atom is 0.192 e. The van der Waals surface area contributed by atoms with Gasteiger partial charge in [-0.2, -0.15) is 0 Å². The SMILES string of the molecule is C#CCNc1ccc(P=O)cc1OC. The van der Waals surface area contributed by atoms with Gasteiger partial charge in [-0.15, -0.1) is 6.42 Å². The first kappa shape index (κ1) is 10.6. The molecule has 1 aromatic rings. The summed E-state index contributed by atoms with van der Waals surface area (Å²) in [4.78, 5) is 0. The number of terminal acetylenes is 1. The van der Waals surface area contributed by atoms with Gasteiger partial charge in [0.05, 0.1) is 19.3 Å². The van der Waals surface area contributed by atoms with E-state index in [9.17, 15) is 4.57 Å². The van der Waals surface area contributed by atoms with Crippen LogP contribution in [0.2, 0.25) is 0 Å². The lowest BCUT2D eigenvalue weighted by Crippen LogP contribution is -2.03. The highest BCUT2D eigenvalue weighted by molar-refractivity contribution is 7.34. The Balaban J connectivity index is 2.94. The lowest BCUT2D eigenvalue weighted by atomic mass is 10.3. The zero-order valence-electron chi connectivity index (χ0n) is 7.78. The van der Waals surface area contributed by atoms with Crippen molar-refractivity contribution in [2.45, 2.75) is 0 Å².